The lowest BCUT2D eigenvalue weighted by molar-refractivity contribution is -0.392. The third kappa shape index (κ3) is 4.09. The van der Waals surface area contributed by atoms with Crippen molar-refractivity contribution in [3.63, 3.8) is 0 Å². The zero-order valence-corrected chi connectivity index (χ0v) is 13.2. The average Bonchev–Trinajstić information content (AvgIpc) is 3.05. The third-order valence-corrected chi connectivity index (χ3v) is 4.01. The largest absolute Gasteiger partial charge is 0.416 e. The first-order chi connectivity index (χ1) is 11.6. The molecular weight excluding hydrogens is 365 g/mol. The molecule has 0 radical (unpaired) electrons. The predicted octanol–water partition coefficient (Wildman–Crippen LogP) is 4.42. The predicted molar refractivity (Wildman–Crippen MR) is 84.9 cm³/mol. The molecule has 1 aromatic heterocycles. The highest BCUT2D eigenvalue weighted by Crippen LogP contribution is 2.41. The second kappa shape index (κ2) is 6.84. The van der Waals surface area contributed by atoms with Gasteiger partial charge in [-0.3, -0.25) is 25.7 Å². The van der Waals surface area contributed by atoms with E-state index >= 15 is 0 Å². The number of alkyl halides is 3. The number of anilines is 1. The number of hydrogen-bond acceptors (Lipinski definition) is 7. The van der Waals surface area contributed by atoms with Crippen LogP contribution in [-0.4, -0.2) is 15.6 Å². The summed E-state index contributed by atoms with van der Waals surface area (Å²) in [5.74, 6) is 0. The van der Waals surface area contributed by atoms with Crippen molar-refractivity contribution < 1.29 is 23.0 Å². The Balaban J connectivity index is 2.57. The molecule has 0 aliphatic heterocycles. The molecular formula is C13H9F3N4O4S. The Morgan fingerprint density at radius 1 is 1.20 bits per heavy atom. The van der Waals surface area contributed by atoms with E-state index in [0.717, 1.165) is 0 Å². The summed E-state index contributed by atoms with van der Waals surface area (Å²) in [7, 11) is 0. The topological polar surface area (TPSA) is 111 Å². The fraction of sp³-hybridized carbons (Fsp3) is 0.154. The lowest BCUT2D eigenvalue weighted by Gasteiger charge is -2.09. The van der Waals surface area contributed by atoms with E-state index in [4.69, 9.17) is 0 Å². The lowest BCUT2D eigenvalue weighted by atomic mass is 10.1. The van der Waals surface area contributed by atoms with Crippen LogP contribution >= 0.6 is 11.3 Å². The van der Waals surface area contributed by atoms with Gasteiger partial charge < -0.3 is 0 Å². The second-order valence-electron chi connectivity index (χ2n) is 4.69. The number of thiophene rings is 1. The number of nitro benzene ring substituents is 2. The van der Waals surface area contributed by atoms with Gasteiger partial charge in [0.05, 0.1) is 21.1 Å². The van der Waals surface area contributed by atoms with Crippen LogP contribution in [0.25, 0.3) is 0 Å². The van der Waals surface area contributed by atoms with Gasteiger partial charge in [0.1, 0.15) is 0 Å². The van der Waals surface area contributed by atoms with Crippen LogP contribution in [0.3, 0.4) is 0 Å². The van der Waals surface area contributed by atoms with E-state index in [9.17, 15) is 33.4 Å². The van der Waals surface area contributed by atoms with Crippen molar-refractivity contribution in [3.05, 3.63) is 60.3 Å². The van der Waals surface area contributed by atoms with Crippen LogP contribution in [0.1, 0.15) is 17.4 Å². The number of rotatable bonds is 5. The standard InChI is InChI=1S/C13H9F3N4O4S/c1-7(11-3-2-4-25-11)17-18-12-9(19(21)22)5-8(13(14,15)16)6-10(12)20(23)24/h2-6,18H,1H3/b17-7-. The van der Waals surface area contributed by atoms with Crippen molar-refractivity contribution in [1.29, 1.82) is 0 Å². The van der Waals surface area contributed by atoms with Crippen LogP contribution in [0, 0.1) is 20.2 Å². The SMILES string of the molecule is C/C(=N/Nc1c([N+](=O)[O-])cc(C(F)(F)F)cc1[N+](=O)[O-])c1cccs1. The summed E-state index contributed by atoms with van der Waals surface area (Å²) in [6, 6.07) is 3.87. The number of nitro groups is 2. The van der Waals surface area contributed by atoms with Gasteiger partial charge >= 0.3 is 17.6 Å². The maximum atomic E-state index is 12.8. The van der Waals surface area contributed by atoms with Gasteiger partial charge in [-0.25, -0.2) is 0 Å². The lowest BCUT2D eigenvalue weighted by Crippen LogP contribution is -2.09. The van der Waals surface area contributed by atoms with Gasteiger partial charge in [0, 0.05) is 17.0 Å². The van der Waals surface area contributed by atoms with Crippen molar-refractivity contribution in [1.82, 2.24) is 0 Å². The van der Waals surface area contributed by atoms with Gasteiger partial charge in [0.25, 0.3) is 0 Å². The molecule has 0 saturated heterocycles. The Morgan fingerprint density at radius 3 is 2.16 bits per heavy atom. The van der Waals surface area contributed by atoms with E-state index < -0.39 is 38.6 Å². The van der Waals surface area contributed by atoms with E-state index in [1.807, 2.05) is 0 Å². The minimum Gasteiger partial charge on any atom is -0.266 e. The molecule has 0 fully saturated rings. The molecule has 0 saturated carbocycles. The zero-order chi connectivity index (χ0) is 18.8. The molecule has 0 amide bonds. The number of nitrogens with one attached hydrogen (secondary N) is 1. The van der Waals surface area contributed by atoms with E-state index in [0.29, 0.717) is 10.6 Å². The van der Waals surface area contributed by atoms with Crippen molar-refractivity contribution in [2.75, 3.05) is 5.43 Å². The first-order valence-corrected chi connectivity index (χ1v) is 7.37. The van der Waals surface area contributed by atoms with E-state index in [1.165, 1.54) is 11.3 Å². The van der Waals surface area contributed by atoms with E-state index in [2.05, 4.69) is 10.5 Å². The Bertz CT molecular complexity index is 814. The number of hydrazone groups is 1. The number of halogens is 3. The summed E-state index contributed by atoms with van der Waals surface area (Å²) in [6.07, 6.45) is -4.97. The Morgan fingerprint density at radius 2 is 1.76 bits per heavy atom. The second-order valence-corrected chi connectivity index (χ2v) is 5.64. The highest BCUT2D eigenvalue weighted by atomic mass is 32.1. The van der Waals surface area contributed by atoms with Crippen molar-refractivity contribution >= 4 is 34.1 Å². The molecule has 1 N–H and O–H groups in total. The average molecular weight is 374 g/mol. The molecule has 0 atom stereocenters. The fourth-order valence-electron chi connectivity index (χ4n) is 1.86. The van der Waals surface area contributed by atoms with Gasteiger partial charge in [0.2, 0.25) is 5.69 Å². The molecule has 0 bridgehead atoms. The molecule has 2 rings (SSSR count). The molecule has 2 aromatic rings. The molecule has 0 spiro atoms. The summed E-state index contributed by atoms with van der Waals surface area (Å²) in [4.78, 5) is 20.6. The summed E-state index contributed by atoms with van der Waals surface area (Å²) < 4.78 is 38.4. The number of benzene rings is 1. The number of nitrogens with zero attached hydrogens (tertiary/aromatic N) is 3. The van der Waals surface area contributed by atoms with Crippen LogP contribution in [-0.2, 0) is 6.18 Å². The van der Waals surface area contributed by atoms with Crippen LogP contribution < -0.4 is 5.43 Å². The molecule has 0 aliphatic rings. The summed E-state index contributed by atoms with van der Waals surface area (Å²) in [5.41, 5.74) is -1.89. The van der Waals surface area contributed by atoms with Crippen molar-refractivity contribution in [2.24, 2.45) is 5.10 Å². The number of hydrogen-bond donors (Lipinski definition) is 1. The Hall–Kier alpha value is -3.02. The van der Waals surface area contributed by atoms with Crippen LogP contribution in [0.2, 0.25) is 0 Å². The van der Waals surface area contributed by atoms with Gasteiger partial charge in [0.15, 0.2) is 0 Å². The van der Waals surface area contributed by atoms with Gasteiger partial charge in [-0.2, -0.15) is 18.3 Å². The zero-order valence-electron chi connectivity index (χ0n) is 12.4. The summed E-state index contributed by atoms with van der Waals surface area (Å²) >= 11 is 1.31. The summed E-state index contributed by atoms with van der Waals surface area (Å²) in [6.45, 7) is 1.54. The molecule has 8 nitrogen and oxygen atoms in total. The molecule has 25 heavy (non-hydrogen) atoms. The molecule has 0 unspecified atom stereocenters. The van der Waals surface area contributed by atoms with Crippen LogP contribution in [0.5, 0.6) is 0 Å². The third-order valence-electron chi connectivity index (χ3n) is 3.03. The Kier molecular flexibility index (Phi) is 5.02. The van der Waals surface area contributed by atoms with Gasteiger partial charge in [-0.15, -0.1) is 11.3 Å². The fourth-order valence-corrected chi connectivity index (χ4v) is 2.53. The molecule has 1 aromatic carbocycles. The maximum Gasteiger partial charge on any atom is 0.416 e. The quantitative estimate of drug-likeness (QED) is 0.473. The van der Waals surface area contributed by atoms with Gasteiger partial charge in [-0.1, -0.05) is 6.07 Å². The highest BCUT2D eigenvalue weighted by molar-refractivity contribution is 7.12. The first-order valence-electron chi connectivity index (χ1n) is 6.49. The van der Waals surface area contributed by atoms with Crippen LogP contribution in [0.15, 0.2) is 34.7 Å². The summed E-state index contributed by atoms with van der Waals surface area (Å²) in [5, 5.41) is 27.7. The smallest absolute Gasteiger partial charge is 0.266 e. The highest BCUT2D eigenvalue weighted by Gasteiger charge is 2.37. The molecule has 12 heteroatoms. The molecule has 1 heterocycles. The monoisotopic (exact) mass is 374 g/mol. The van der Waals surface area contributed by atoms with E-state index in [-0.39, 0.29) is 12.1 Å². The molecule has 0 aliphatic carbocycles. The van der Waals surface area contributed by atoms with Crippen molar-refractivity contribution in [2.45, 2.75) is 13.1 Å². The minimum atomic E-state index is -4.97. The Labute approximate surface area is 141 Å². The minimum absolute atomic E-state index is 0.228. The van der Waals surface area contributed by atoms with Crippen LogP contribution in [0.4, 0.5) is 30.2 Å². The normalized spacial score (nSPS) is 12.1. The first kappa shape index (κ1) is 18.3. The van der Waals surface area contributed by atoms with E-state index in [1.54, 1.807) is 24.4 Å². The maximum absolute atomic E-state index is 12.8. The van der Waals surface area contributed by atoms with Gasteiger partial charge in [-0.05, 0) is 18.4 Å². The van der Waals surface area contributed by atoms with Crippen molar-refractivity contribution in [3.8, 4) is 0 Å². The molecule has 132 valence electrons.